The number of benzene rings is 1. The monoisotopic (exact) mass is 280 g/mol. The summed E-state index contributed by atoms with van der Waals surface area (Å²) in [5, 5.41) is 23.3. The third kappa shape index (κ3) is 3.07. The molecule has 6 heteroatoms. The number of nitro groups is 1. The van der Waals surface area contributed by atoms with Gasteiger partial charge in [-0.1, -0.05) is 0 Å². The number of nitrogens with zero attached hydrogens (tertiary/aromatic N) is 1. The van der Waals surface area contributed by atoms with Gasteiger partial charge in [-0.3, -0.25) is 14.9 Å². The molecular formula is C14H20N2O4. The lowest BCUT2D eigenvalue weighted by molar-refractivity contribution is -0.384. The smallest absolute Gasteiger partial charge is 0.311 e. The van der Waals surface area contributed by atoms with Crippen molar-refractivity contribution in [2.24, 2.45) is 5.41 Å². The average Bonchev–Trinajstić information content (AvgIpc) is 2.26. The normalized spacial score (nSPS) is 12.1. The number of nitrogens with one attached hydrogen (secondary N) is 1. The number of aryl methyl sites for hydroxylation is 1. The molecule has 1 rings (SSSR count). The second-order valence-electron chi connectivity index (χ2n) is 5.99. The molecule has 0 atom stereocenters. The first-order valence-electron chi connectivity index (χ1n) is 6.25. The predicted molar refractivity (Wildman–Crippen MR) is 77.0 cm³/mol. The zero-order chi connectivity index (χ0) is 15.7. The molecule has 110 valence electrons. The van der Waals surface area contributed by atoms with Crippen molar-refractivity contribution >= 4 is 17.3 Å². The van der Waals surface area contributed by atoms with E-state index in [9.17, 15) is 20.0 Å². The number of carbonyl (C=O) groups is 1. The van der Waals surface area contributed by atoms with Crippen molar-refractivity contribution in [3.05, 3.63) is 33.9 Å². The number of rotatable bonds is 5. The molecule has 6 nitrogen and oxygen atoms in total. The zero-order valence-corrected chi connectivity index (χ0v) is 12.4. The van der Waals surface area contributed by atoms with Gasteiger partial charge in [0.05, 0.1) is 10.3 Å². The van der Waals surface area contributed by atoms with Crippen LogP contribution in [0.1, 0.15) is 33.3 Å². The molecule has 20 heavy (non-hydrogen) atoms. The Labute approximate surface area is 118 Å². The van der Waals surface area contributed by atoms with Crippen molar-refractivity contribution < 1.29 is 14.8 Å². The predicted octanol–water partition coefficient (Wildman–Crippen LogP) is 3.20. The number of non-ortho nitro benzene ring substituents is 1. The largest absolute Gasteiger partial charge is 0.481 e. The van der Waals surface area contributed by atoms with E-state index >= 15 is 0 Å². The number of hydrogen-bond acceptors (Lipinski definition) is 4. The Hall–Kier alpha value is -2.11. The van der Waals surface area contributed by atoms with Crippen LogP contribution in [0.4, 0.5) is 11.4 Å². The topological polar surface area (TPSA) is 92.5 Å². The molecule has 0 aliphatic carbocycles. The van der Waals surface area contributed by atoms with Crippen LogP contribution >= 0.6 is 0 Å². The van der Waals surface area contributed by atoms with E-state index in [1.807, 2.05) is 0 Å². The SMILES string of the molecule is Cc1cc(NC(C)(C)C(C)(C)C(=O)O)cc([N+](=O)[O-])c1. The fourth-order valence-electron chi connectivity index (χ4n) is 1.72. The van der Waals surface area contributed by atoms with Crippen molar-refractivity contribution in [3.63, 3.8) is 0 Å². The fourth-order valence-corrected chi connectivity index (χ4v) is 1.72. The molecule has 1 aromatic carbocycles. The first-order valence-corrected chi connectivity index (χ1v) is 6.25. The van der Waals surface area contributed by atoms with Gasteiger partial charge in [-0.2, -0.15) is 0 Å². The quantitative estimate of drug-likeness (QED) is 0.638. The number of aliphatic carboxylic acids is 1. The van der Waals surface area contributed by atoms with Crippen molar-refractivity contribution in [2.75, 3.05) is 5.32 Å². The number of anilines is 1. The van der Waals surface area contributed by atoms with Crippen molar-refractivity contribution in [2.45, 2.75) is 40.2 Å². The molecule has 0 amide bonds. The van der Waals surface area contributed by atoms with E-state index in [1.54, 1.807) is 40.7 Å². The maximum Gasteiger partial charge on any atom is 0.311 e. The third-order valence-corrected chi connectivity index (χ3v) is 3.83. The minimum atomic E-state index is -1.04. The Bertz CT molecular complexity index is 550. The van der Waals surface area contributed by atoms with Crippen molar-refractivity contribution in [3.8, 4) is 0 Å². The number of carboxylic acids is 1. The summed E-state index contributed by atoms with van der Waals surface area (Å²) in [5.74, 6) is -0.933. The summed E-state index contributed by atoms with van der Waals surface area (Å²) in [6.07, 6.45) is 0. The minimum absolute atomic E-state index is 0.0172. The highest BCUT2D eigenvalue weighted by Gasteiger charge is 2.43. The Balaban J connectivity index is 3.16. The molecule has 2 N–H and O–H groups in total. The van der Waals surface area contributed by atoms with E-state index in [2.05, 4.69) is 5.32 Å². The lowest BCUT2D eigenvalue weighted by Gasteiger charge is -2.39. The van der Waals surface area contributed by atoms with Gasteiger partial charge in [0.2, 0.25) is 0 Å². The summed E-state index contributed by atoms with van der Waals surface area (Å²) in [5.41, 5.74) is -0.551. The van der Waals surface area contributed by atoms with E-state index < -0.39 is 21.8 Å². The highest BCUT2D eigenvalue weighted by atomic mass is 16.6. The molecule has 0 unspecified atom stereocenters. The summed E-state index contributed by atoms with van der Waals surface area (Å²) in [6.45, 7) is 8.51. The standard InChI is InChI=1S/C14H20N2O4/c1-9-6-10(8-11(7-9)16(19)20)15-14(4,5)13(2,3)12(17)18/h6-8,15H,1-5H3,(H,17,18). The Morgan fingerprint density at radius 2 is 1.80 bits per heavy atom. The number of carboxylic acid groups (broad SMARTS) is 1. The van der Waals surface area contributed by atoms with Crippen LogP contribution in [0.3, 0.4) is 0 Å². The van der Waals surface area contributed by atoms with Gasteiger partial charge in [0, 0.05) is 23.4 Å². The van der Waals surface area contributed by atoms with E-state index in [-0.39, 0.29) is 5.69 Å². The van der Waals surface area contributed by atoms with Gasteiger partial charge in [0.1, 0.15) is 0 Å². The Kier molecular flexibility index (Phi) is 4.07. The lowest BCUT2D eigenvalue weighted by Crippen LogP contribution is -2.50. The van der Waals surface area contributed by atoms with Crippen molar-refractivity contribution in [1.82, 2.24) is 0 Å². The summed E-state index contributed by atoms with van der Waals surface area (Å²) >= 11 is 0. The van der Waals surface area contributed by atoms with E-state index in [1.165, 1.54) is 12.1 Å². The minimum Gasteiger partial charge on any atom is -0.481 e. The molecule has 0 heterocycles. The molecular weight excluding hydrogens is 260 g/mol. The maximum atomic E-state index is 11.4. The molecule has 0 aliphatic rings. The second-order valence-corrected chi connectivity index (χ2v) is 5.99. The first-order chi connectivity index (χ1) is 8.97. The molecule has 0 aromatic heterocycles. The van der Waals surface area contributed by atoms with Crippen LogP contribution in [0.2, 0.25) is 0 Å². The molecule has 0 aliphatic heterocycles. The molecule has 0 saturated carbocycles. The summed E-state index contributed by atoms with van der Waals surface area (Å²) in [4.78, 5) is 21.7. The fraction of sp³-hybridized carbons (Fsp3) is 0.500. The summed E-state index contributed by atoms with van der Waals surface area (Å²) in [7, 11) is 0. The van der Waals surface area contributed by atoms with Crippen LogP contribution < -0.4 is 5.32 Å². The van der Waals surface area contributed by atoms with Gasteiger partial charge >= 0.3 is 5.97 Å². The lowest BCUT2D eigenvalue weighted by atomic mass is 9.74. The van der Waals surface area contributed by atoms with Gasteiger partial charge < -0.3 is 10.4 Å². The van der Waals surface area contributed by atoms with E-state index in [0.717, 1.165) is 5.56 Å². The van der Waals surface area contributed by atoms with Crippen LogP contribution in [0.5, 0.6) is 0 Å². The molecule has 0 fully saturated rings. The Morgan fingerprint density at radius 3 is 2.25 bits per heavy atom. The molecule has 0 radical (unpaired) electrons. The molecule has 0 saturated heterocycles. The average molecular weight is 280 g/mol. The van der Waals surface area contributed by atoms with Gasteiger partial charge in [-0.15, -0.1) is 0 Å². The van der Waals surface area contributed by atoms with E-state index in [0.29, 0.717) is 5.69 Å². The van der Waals surface area contributed by atoms with Crippen molar-refractivity contribution in [1.29, 1.82) is 0 Å². The summed E-state index contributed by atoms with van der Waals surface area (Å²) < 4.78 is 0. The van der Waals surface area contributed by atoms with Gasteiger partial charge in [-0.05, 0) is 46.2 Å². The molecule has 1 aromatic rings. The van der Waals surface area contributed by atoms with Crippen LogP contribution in [-0.4, -0.2) is 21.5 Å². The van der Waals surface area contributed by atoms with Gasteiger partial charge in [0.25, 0.3) is 5.69 Å². The highest BCUT2D eigenvalue weighted by Crippen LogP contribution is 2.35. The maximum absolute atomic E-state index is 11.4. The van der Waals surface area contributed by atoms with Crippen LogP contribution in [-0.2, 0) is 4.79 Å². The third-order valence-electron chi connectivity index (χ3n) is 3.83. The van der Waals surface area contributed by atoms with E-state index in [4.69, 9.17) is 0 Å². The van der Waals surface area contributed by atoms with Crippen LogP contribution in [0, 0.1) is 22.5 Å². The number of nitro benzene ring substituents is 1. The van der Waals surface area contributed by atoms with Crippen LogP contribution in [0.15, 0.2) is 18.2 Å². The van der Waals surface area contributed by atoms with Crippen LogP contribution in [0.25, 0.3) is 0 Å². The summed E-state index contributed by atoms with van der Waals surface area (Å²) in [6, 6.07) is 4.64. The molecule has 0 bridgehead atoms. The van der Waals surface area contributed by atoms with Gasteiger partial charge in [0.15, 0.2) is 0 Å². The zero-order valence-electron chi connectivity index (χ0n) is 12.4. The first kappa shape index (κ1) is 15.9. The highest BCUT2D eigenvalue weighted by molar-refractivity contribution is 5.76. The second kappa shape index (κ2) is 5.11. The number of hydrogen-bond donors (Lipinski definition) is 2. The Morgan fingerprint density at radius 1 is 1.25 bits per heavy atom. The molecule has 0 spiro atoms. The van der Waals surface area contributed by atoms with Gasteiger partial charge in [-0.25, -0.2) is 0 Å².